The summed E-state index contributed by atoms with van der Waals surface area (Å²) in [5, 5.41) is 0. The van der Waals surface area contributed by atoms with E-state index in [0.717, 1.165) is 25.8 Å². The molecule has 0 bridgehead atoms. The van der Waals surface area contributed by atoms with Gasteiger partial charge in [-0.1, -0.05) is 0 Å². The average molecular weight is 252 g/mol. The van der Waals surface area contributed by atoms with Crippen LogP contribution >= 0.6 is 11.3 Å². The maximum Gasteiger partial charge on any atom is 0.225 e. The van der Waals surface area contributed by atoms with E-state index >= 15 is 0 Å². The Balaban J connectivity index is 1.91. The summed E-state index contributed by atoms with van der Waals surface area (Å²) in [4.78, 5) is 16.6. The van der Waals surface area contributed by atoms with Crippen LogP contribution in [0.2, 0.25) is 0 Å². The van der Waals surface area contributed by atoms with E-state index in [9.17, 15) is 4.79 Å². The fraction of sp³-hybridized carbons (Fsp3) is 0.615. The van der Waals surface area contributed by atoms with Crippen LogP contribution in [0.4, 0.5) is 0 Å². The summed E-state index contributed by atoms with van der Waals surface area (Å²) in [5.74, 6) is 0.403. The minimum atomic E-state index is 0.149. The van der Waals surface area contributed by atoms with Crippen molar-refractivity contribution in [1.82, 2.24) is 4.90 Å². The van der Waals surface area contributed by atoms with E-state index in [0.29, 0.717) is 0 Å². The number of aryl methyl sites for hydroxylation is 1. The van der Waals surface area contributed by atoms with Gasteiger partial charge in [0.15, 0.2) is 0 Å². The minimum Gasteiger partial charge on any atom is -0.340 e. The summed E-state index contributed by atoms with van der Waals surface area (Å²) in [6, 6.07) is 4.43. The molecule has 0 aliphatic heterocycles. The van der Waals surface area contributed by atoms with E-state index < -0.39 is 0 Å². The van der Waals surface area contributed by atoms with Gasteiger partial charge < -0.3 is 10.6 Å². The number of nitrogens with zero attached hydrogens (tertiary/aromatic N) is 1. The van der Waals surface area contributed by atoms with Crippen molar-refractivity contribution in [1.29, 1.82) is 0 Å². The maximum absolute atomic E-state index is 12.2. The zero-order chi connectivity index (χ0) is 12.4. The second-order valence-electron chi connectivity index (χ2n) is 4.98. The summed E-state index contributed by atoms with van der Waals surface area (Å²) in [6.07, 6.45) is 2.79. The Morgan fingerprint density at radius 3 is 2.82 bits per heavy atom. The van der Waals surface area contributed by atoms with Gasteiger partial charge in [0.2, 0.25) is 5.91 Å². The van der Waals surface area contributed by atoms with Crippen LogP contribution in [0, 0.1) is 12.8 Å². The molecule has 1 aliphatic rings. The molecule has 94 valence electrons. The first-order valence-corrected chi connectivity index (χ1v) is 6.94. The van der Waals surface area contributed by atoms with Crippen molar-refractivity contribution < 1.29 is 4.79 Å². The van der Waals surface area contributed by atoms with Crippen LogP contribution in [-0.4, -0.2) is 23.9 Å². The number of carbonyl (C=O) groups excluding carboxylic acids is 1. The molecule has 1 aromatic heterocycles. The van der Waals surface area contributed by atoms with Crippen LogP contribution in [0.3, 0.4) is 0 Å². The molecule has 17 heavy (non-hydrogen) atoms. The summed E-state index contributed by atoms with van der Waals surface area (Å²) in [6.45, 7) is 2.81. The smallest absolute Gasteiger partial charge is 0.225 e. The summed E-state index contributed by atoms with van der Waals surface area (Å²) < 4.78 is 0. The Morgan fingerprint density at radius 1 is 1.53 bits per heavy atom. The highest BCUT2D eigenvalue weighted by Crippen LogP contribution is 2.26. The van der Waals surface area contributed by atoms with E-state index in [2.05, 4.69) is 19.1 Å². The molecule has 1 amide bonds. The lowest BCUT2D eigenvalue weighted by Gasteiger charge is -2.20. The van der Waals surface area contributed by atoms with Gasteiger partial charge in [-0.2, -0.15) is 0 Å². The molecule has 1 aliphatic carbocycles. The third kappa shape index (κ3) is 3.07. The minimum absolute atomic E-state index is 0.149. The number of hydrogen-bond donors (Lipinski definition) is 1. The lowest BCUT2D eigenvalue weighted by Crippen LogP contribution is -2.32. The third-order valence-electron chi connectivity index (χ3n) is 3.39. The fourth-order valence-corrected chi connectivity index (χ4v) is 3.38. The highest BCUT2D eigenvalue weighted by atomic mass is 32.1. The van der Waals surface area contributed by atoms with Gasteiger partial charge in [-0.05, 0) is 38.3 Å². The Labute approximate surface area is 107 Å². The van der Waals surface area contributed by atoms with Gasteiger partial charge in [0.1, 0.15) is 0 Å². The van der Waals surface area contributed by atoms with Crippen LogP contribution in [0.1, 0.15) is 29.0 Å². The first-order valence-electron chi connectivity index (χ1n) is 6.12. The number of rotatable bonds is 3. The quantitative estimate of drug-likeness (QED) is 0.896. The molecular weight excluding hydrogens is 232 g/mol. The summed E-state index contributed by atoms with van der Waals surface area (Å²) in [7, 11) is 1.89. The maximum atomic E-state index is 12.2. The van der Waals surface area contributed by atoms with Crippen molar-refractivity contribution in [3.63, 3.8) is 0 Å². The standard InChI is InChI=1S/C13H20N2OS/c1-9-3-6-12(17-9)8-15(2)13(16)10-4-5-11(14)7-10/h3,6,10-11H,4-5,7-8,14H2,1-2H3. The Kier molecular flexibility index (Phi) is 3.84. The third-order valence-corrected chi connectivity index (χ3v) is 4.37. The molecule has 2 atom stereocenters. The second-order valence-corrected chi connectivity index (χ2v) is 6.35. The molecule has 3 nitrogen and oxygen atoms in total. The molecule has 0 radical (unpaired) electrons. The number of hydrogen-bond acceptors (Lipinski definition) is 3. The van der Waals surface area contributed by atoms with Crippen molar-refractivity contribution in [2.75, 3.05) is 7.05 Å². The first-order chi connectivity index (χ1) is 8.06. The lowest BCUT2D eigenvalue weighted by atomic mass is 10.1. The van der Waals surface area contributed by atoms with E-state index in [1.54, 1.807) is 11.3 Å². The molecule has 2 unspecified atom stereocenters. The topological polar surface area (TPSA) is 46.3 Å². The van der Waals surface area contributed by atoms with Gasteiger partial charge in [-0.15, -0.1) is 11.3 Å². The molecule has 0 saturated heterocycles. The molecule has 2 rings (SSSR count). The van der Waals surface area contributed by atoms with Gasteiger partial charge in [0.05, 0.1) is 6.54 Å². The highest BCUT2D eigenvalue weighted by molar-refractivity contribution is 7.11. The summed E-state index contributed by atoms with van der Waals surface area (Å²) >= 11 is 1.76. The van der Waals surface area contributed by atoms with Crippen molar-refractivity contribution in [2.45, 2.75) is 38.8 Å². The molecule has 4 heteroatoms. The fourth-order valence-electron chi connectivity index (χ4n) is 2.43. The zero-order valence-corrected chi connectivity index (χ0v) is 11.3. The van der Waals surface area contributed by atoms with Gasteiger partial charge in [-0.3, -0.25) is 4.79 Å². The van der Waals surface area contributed by atoms with Crippen LogP contribution in [-0.2, 0) is 11.3 Å². The molecule has 1 heterocycles. The zero-order valence-electron chi connectivity index (χ0n) is 10.5. The van der Waals surface area contributed by atoms with Gasteiger partial charge in [0, 0.05) is 28.8 Å². The predicted molar refractivity (Wildman–Crippen MR) is 70.8 cm³/mol. The average Bonchev–Trinajstić information content (AvgIpc) is 2.87. The largest absolute Gasteiger partial charge is 0.340 e. The number of amides is 1. The number of nitrogens with two attached hydrogens (primary N) is 1. The normalized spacial score (nSPS) is 23.9. The van der Waals surface area contributed by atoms with Gasteiger partial charge >= 0.3 is 0 Å². The Hall–Kier alpha value is -0.870. The number of carbonyl (C=O) groups is 1. The molecule has 0 spiro atoms. The highest BCUT2D eigenvalue weighted by Gasteiger charge is 2.29. The lowest BCUT2D eigenvalue weighted by molar-refractivity contribution is -0.134. The SMILES string of the molecule is Cc1ccc(CN(C)C(=O)C2CCC(N)C2)s1. The Bertz CT molecular complexity index is 402. The van der Waals surface area contributed by atoms with Crippen molar-refractivity contribution in [3.8, 4) is 0 Å². The molecule has 1 saturated carbocycles. The number of thiophene rings is 1. The van der Waals surface area contributed by atoms with E-state index in [-0.39, 0.29) is 17.9 Å². The Morgan fingerprint density at radius 2 is 2.29 bits per heavy atom. The molecule has 0 aromatic carbocycles. The van der Waals surface area contributed by atoms with Crippen molar-refractivity contribution in [3.05, 3.63) is 21.9 Å². The molecule has 2 N–H and O–H groups in total. The molecule has 1 aromatic rings. The molecular formula is C13H20N2OS. The second kappa shape index (κ2) is 5.19. The van der Waals surface area contributed by atoms with Crippen LogP contribution in [0.25, 0.3) is 0 Å². The van der Waals surface area contributed by atoms with Gasteiger partial charge in [0.25, 0.3) is 0 Å². The van der Waals surface area contributed by atoms with Crippen molar-refractivity contribution >= 4 is 17.2 Å². The monoisotopic (exact) mass is 252 g/mol. The predicted octanol–water partition coefficient (Wildman–Crippen LogP) is 2.14. The van der Waals surface area contributed by atoms with E-state index in [1.807, 2.05) is 11.9 Å². The van der Waals surface area contributed by atoms with Gasteiger partial charge in [-0.25, -0.2) is 0 Å². The summed E-state index contributed by atoms with van der Waals surface area (Å²) in [5.41, 5.74) is 5.85. The van der Waals surface area contributed by atoms with E-state index in [1.165, 1.54) is 9.75 Å². The van der Waals surface area contributed by atoms with Crippen LogP contribution in [0.5, 0.6) is 0 Å². The van der Waals surface area contributed by atoms with E-state index in [4.69, 9.17) is 5.73 Å². The van der Waals surface area contributed by atoms with Crippen LogP contribution < -0.4 is 5.73 Å². The first kappa shape index (κ1) is 12.6. The van der Waals surface area contributed by atoms with Crippen molar-refractivity contribution in [2.24, 2.45) is 11.7 Å². The van der Waals surface area contributed by atoms with Crippen LogP contribution in [0.15, 0.2) is 12.1 Å². The molecule has 1 fully saturated rings.